The molecular weight excluding hydrogens is 476 g/mol. The summed E-state index contributed by atoms with van der Waals surface area (Å²) < 4.78 is 38.9. The molecule has 188 valence electrons. The number of H-pyrrole nitrogens is 1. The monoisotopic (exact) mass is 501 g/mol. The third-order valence-corrected chi connectivity index (χ3v) is 6.20. The van der Waals surface area contributed by atoms with Crippen LogP contribution in [0.3, 0.4) is 0 Å². The molecule has 1 atom stereocenters. The first-order chi connectivity index (χ1) is 17.7. The van der Waals surface area contributed by atoms with Gasteiger partial charge in [0.1, 0.15) is 12.4 Å². The maximum absolute atomic E-state index is 14.0. The number of aromatic nitrogens is 3. The van der Waals surface area contributed by atoms with Crippen molar-refractivity contribution in [3.63, 3.8) is 0 Å². The molecule has 1 unspecified atom stereocenters. The van der Waals surface area contributed by atoms with Gasteiger partial charge in [-0.3, -0.25) is 0 Å². The van der Waals surface area contributed by atoms with E-state index in [9.17, 15) is 13.6 Å². The smallest absolute Gasteiger partial charge is 0.434 e. The number of fused-ring (bicyclic) bond motifs is 1. The first-order valence-corrected chi connectivity index (χ1v) is 11.8. The molecule has 0 saturated carbocycles. The third-order valence-electron chi connectivity index (χ3n) is 6.20. The minimum Gasteiger partial charge on any atom is -0.487 e. The Balaban J connectivity index is 1.53. The highest BCUT2D eigenvalue weighted by Crippen LogP contribution is 2.45. The van der Waals surface area contributed by atoms with E-state index in [2.05, 4.69) is 48.1 Å². The molecule has 0 aliphatic heterocycles. The van der Waals surface area contributed by atoms with E-state index >= 15 is 0 Å². The predicted octanol–water partition coefficient (Wildman–Crippen LogP) is 6.61. The topological polar surface area (TPSA) is 81.0 Å². The minimum atomic E-state index is -0.920. The summed E-state index contributed by atoms with van der Waals surface area (Å²) in [5, 5.41) is 6.51. The van der Waals surface area contributed by atoms with Crippen molar-refractivity contribution in [2.24, 2.45) is 5.41 Å². The Labute approximate surface area is 212 Å². The van der Waals surface area contributed by atoms with Gasteiger partial charge in [0.25, 0.3) is 0 Å². The van der Waals surface area contributed by atoms with E-state index in [1.165, 1.54) is 12.1 Å². The number of ether oxygens (including phenoxy) is 1. The van der Waals surface area contributed by atoms with E-state index in [0.29, 0.717) is 22.5 Å². The van der Waals surface area contributed by atoms with Crippen molar-refractivity contribution >= 4 is 10.9 Å². The number of rotatable bonds is 6. The average Bonchev–Trinajstić information content (AvgIpc) is 3.31. The quantitative estimate of drug-likeness (QED) is 0.283. The molecule has 6 nitrogen and oxygen atoms in total. The molecule has 1 N–H and O–H groups in total. The summed E-state index contributed by atoms with van der Waals surface area (Å²) in [6.45, 7) is 6.55. The Morgan fingerprint density at radius 2 is 1.78 bits per heavy atom. The Morgan fingerprint density at radius 3 is 2.49 bits per heavy atom. The highest BCUT2D eigenvalue weighted by atomic mass is 19.2. The maximum Gasteiger partial charge on any atom is 0.434 e. The van der Waals surface area contributed by atoms with Crippen LogP contribution in [0.4, 0.5) is 8.78 Å². The van der Waals surface area contributed by atoms with Crippen molar-refractivity contribution in [3.8, 4) is 17.2 Å². The third kappa shape index (κ3) is 5.00. The molecule has 2 aromatic heterocycles. The van der Waals surface area contributed by atoms with E-state index in [0.717, 1.165) is 17.2 Å². The van der Waals surface area contributed by atoms with Crippen molar-refractivity contribution < 1.29 is 17.9 Å². The first kappa shape index (κ1) is 24.4. The second-order valence-corrected chi connectivity index (χ2v) is 9.90. The predicted molar refractivity (Wildman–Crippen MR) is 136 cm³/mol. The van der Waals surface area contributed by atoms with Gasteiger partial charge in [-0.1, -0.05) is 51.1 Å². The van der Waals surface area contributed by atoms with Crippen LogP contribution in [0.15, 0.2) is 82.0 Å². The van der Waals surface area contributed by atoms with Crippen LogP contribution in [-0.2, 0) is 6.61 Å². The fourth-order valence-corrected chi connectivity index (χ4v) is 4.62. The summed E-state index contributed by atoms with van der Waals surface area (Å²) in [5.74, 6) is -1.77. The van der Waals surface area contributed by atoms with Crippen molar-refractivity contribution in [2.75, 3.05) is 0 Å². The van der Waals surface area contributed by atoms with Crippen molar-refractivity contribution in [2.45, 2.75) is 33.3 Å². The molecular formula is C29H25F2N3O3. The number of halogens is 2. The van der Waals surface area contributed by atoms with Gasteiger partial charge in [-0.05, 0) is 59.0 Å². The zero-order chi connectivity index (χ0) is 26.2. The fourth-order valence-electron chi connectivity index (χ4n) is 4.62. The number of hydrogen-bond acceptors (Lipinski definition) is 5. The second-order valence-electron chi connectivity index (χ2n) is 9.90. The zero-order valence-corrected chi connectivity index (χ0v) is 20.6. The Hall–Kier alpha value is -4.33. The first-order valence-electron chi connectivity index (χ1n) is 11.8. The Morgan fingerprint density at radius 1 is 1.00 bits per heavy atom. The van der Waals surface area contributed by atoms with Gasteiger partial charge in [-0.15, -0.1) is 5.10 Å². The summed E-state index contributed by atoms with van der Waals surface area (Å²) in [6.07, 6.45) is 0. The normalized spacial score (nSPS) is 12.6. The van der Waals surface area contributed by atoms with E-state index in [-0.39, 0.29) is 29.2 Å². The van der Waals surface area contributed by atoms with E-state index in [4.69, 9.17) is 9.15 Å². The van der Waals surface area contributed by atoms with Gasteiger partial charge in [0.05, 0.1) is 11.2 Å². The highest BCUT2D eigenvalue weighted by Gasteiger charge is 2.31. The molecule has 0 spiro atoms. The minimum absolute atomic E-state index is 0.0779. The highest BCUT2D eigenvalue weighted by molar-refractivity contribution is 5.79. The lowest BCUT2D eigenvalue weighted by atomic mass is 9.71. The van der Waals surface area contributed by atoms with Gasteiger partial charge < -0.3 is 9.15 Å². The molecule has 37 heavy (non-hydrogen) atoms. The molecule has 0 fully saturated rings. The fraction of sp³-hybridized carbons (Fsp3) is 0.207. The average molecular weight is 502 g/mol. The summed E-state index contributed by atoms with van der Waals surface area (Å²) in [7, 11) is 0. The molecule has 5 aromatic rings. The number of nitrogens with zero attached hydrogens (tertiary/aromatic N) is 2. The summed E-state index contributed by atoms with van der Waals surface area (Å²) in [5.41, 5.74) is 3.37. The second kappa shape index (κ2) is 9.61. The van der Waals surface area contributed by atoms with Crippen LogP contribution in [0, 0.1) is 17.0 Å². The van der Waals surface area contributed by atoms with Gasteiger partial charge in [-0.2, -0.15) is 0 Å². The van der Waals surface area contributed by atoms with E-state index in [1.807, 2.05) is 30.3 Å². The number of pyridine rings is 1. The van der Waals surface area contributed by atoms with Crippen LogP contribution >= 0.6 is 0 Å². The van der Waals surface area contributed by atoms with Gasteiger partial charge in [0.2, 0.25) is 5.89 Å². The van der Waals surface area contributed by atoms with E-state index < -0.39 is 17.4 Å². The Kier molecular flexibility index (Phi) is 6.33. The summed E-state index contributed by atoms with van der Waals surface area (Å²) in [6, 6.07) is 21.2. The zero-order valence-electron chi connectivity index (χ0n) is 20.6. The number of benzene rings is 3. The molecule has 2 heterocycles. The van der Waals surface area contributed by atoms with Crippen LogP contribution in [0.25, 0.3) is 22.4 Å². The van der Waals surface area contributed by atoms with E-state index in [1.54, 1.807) is 12.1 Å². The van der Waals surface area contributed by atoms with Gasteiger partial charge in [0.15, 0.2) is 11.6 Å². The van der Waals surface area contributed by atoms with Gasteiger partial charge in [-0.25, -0.2) is 23.7 Å². The van der Waals surface area contributed by atoms with Crippen molar-refractivity contribution in [1.82, 2.24) is 15.2 Å². The molecule has 0 aliphatic rings. The molecule has 5 rings (SSSR count). The number of nitrogens with one attached hydrogen (secondary N) is 1. The number of aromatic amines is 1. The molecule has 8 heteroatoms. The largest absolute Gasteiger partial charge is 0.487 e. The van der Waals surface area contributed by atoms with Crippen LogP contribution in [-0.4, -0.2) is 15.2 Å². The maximum atomic E-state index is 14.0. The summed E-state index contributed by atoms with van der Waals surface area (Å²) in [4.78, 5) is 16.1. The Bertz CT molecular complexity index is 1620. The van der Waals surface area contributed by atoms with Crippen LogP contribution in [0.5, 0.6) is 5.75 Å². The van der Waals surface area contributed by atoms with Crippen molar-refractivity contribution in [1.29, 1.82) is 0 Å². The lowest BCUT2D eigenvalue weighted by Crippen LogP contribution is -2.20. The SMILES string of the molecule is CC(C)(C)C(c1ccccc1)c1cc(OCc2ccc3c(F)c(F)ccc3n2)ccc1-c1n[nH]c(=O)o1. The lowest BCUT2D eigenvalue weighted by Gasteiger charge is -2.33. The summed E-state index contributed by atoms with van der Waals surface area (Å²) >= 11 is 0. The molecule has 0 saturated heterocycles. The van der Waals surface area contributed by atoms with Crippen LogP contribution < -0.4 is 10.5 Å². The molecule has 0 radical (unpaired) electrons. The van der Waals surface area contributed by atoms with Crippen molar-refractivity contribution in [3.05, 3.63) is 112 Å². The molecule has 0 bridgehead atoms. The lowest BCUT2D eigenvalue weighted by molar-refractivity contribution is 0.300. The standard InChI is InChI=1S/C29H25F2N3O3/c1-29(2,3)25(17-7-5-4-6-8-17)22-15-19(10-12-20(22)27-33-34-28(35)37-27)36-16-18-9-11-21-24(32-18)14-13-23(30)26(21)31/h4-15,25H,16H2,1-3H3,(H,34,35). The molecule has 3 aromatic carbocycles. The van der Waals surface area contributed by atoms with Gasteiger partial charge >= 0.3 is 5.76 Å². The van der Waals surface area contributed by atoms with Crippen LogP contribution in [0.1, 0.15) is 43.5 Å². The van der Waals surface area contributed by atoms with Crippen LogP contribution in [0.2, 0.25) is 0 Å². The molecule has 0 amide bonds. The molecule has 0 aliphatic carbocycles. The number of hydrogen-bond donors (Lipinski definition) is 1. The van der Waals surface area contributed by atoms with Gasteiger partial charge in [0, 0.05) is 16.9 Å².